The van der Waals surface area contributed by atoms with Gasteiger partial charge in [0.25, 0.3) is 5.91 Å². The molecular weight excluding hydrogens is 534 g/mol. The zero-order chi connectivity index (χ0) is 29.1. The molecule has 1 saturated heterocycles. The first kappa shape index (κ1) is 28.1. The number of aromatic amines is 2. The number of halogens is 2. The molecule has 4 aromatic rings. The van der Waals surface area contributed by atoms with Crippen LogP contribution in [-0.4, -0.2) is 62.4 Å². The molecule has 0 unspecified atom stereocenters. The third-order valence-corrected chi connectivity index (χ3v) is 6.83. The molecule has 12 heteroatoms. The Morgan fingerprint density at radius 2 is 1.85 bits per heavy atom. The van der Waals surface area contributed by atoms with Crippen molar-refractivity contribution in [3.63, 3.8) is 0 Å². The van der Waals surface area contributed by atoms with Gasteiger partial charge in [-0.15, -0.1) is 0 Å². The number of ether oxygens (including phenoxy) is 2. The molecule has 0 radical (unpaired) electrons. The standard InChI is InChI=1S/C29H32F2N6O4/c1-29(2,3)41-28(39)37-12-9-17(10-13-37)11-14-40-18-7-8-21-22(15-18)34-26(33-21)25-23(16-32-36-25)35-27(38)24-19(30)5-4-6-20(24)31/h4-8,15-17H,9-14H2,1-3H3,(H,32,36)(H,33,34)(H,35,38). The number of anilines is 1. The normalized spacial score (nSPS) is 14.3. The van der Waals surface area contributed by atoms with Crippen molar-refractivity contribution in [3.05, 3.63) is 59.8 Å². The Kier molecular flexibility index (Phi) is 7.91. The van der Waals surface area contributed by atoms with Crippen LogP contribution in [0.1, 0.15) is 50.4 Å². The van der Waals surface area contributed by atoms with Gasteiger partial charge in [-0.1, -0.05) is 6.07 Å². The van der Waals surface area contributed by atoms with E-state index >= 15 is 0 Å². The van der Waals surface area contributed by atoms with Crippen LogP contribution in [0.5, 0.6) is 5.75 Å². The molecule has 0 aliphatic carbocycles. The summed E-state index contributed by atoms with van der Waals surface area (Å²) < 4.78 is 39.6. The van der Waals surface area contributed by atoms with Crippen LogP contribution in [0.2, 0.25) is 0 Å². The molecule has 5 rings (SSSR count). The first-order valence-corrected chi connectivity index (χ1v) is 13.5. The molecule has 0 saturated carbocycles. The number of benzene rings is 2. The van der Waals surface area contributed by atoms with Crippen molar-refractivity contribution in [2.75, 3.05) is 25.0 Å². The molecule has 3 N–H and O–H groups in total. The summed E-state index contributed by atoms with van der Waals surface area (Å²) in [4.78, 5) is 34.3. The first-order chi connectivity index (χ1) is 19.6. The molecule has 0 bridgehead atoms. The Labute approximate surface area is 235 Å². The molecule has 1 aliphatic heterocycles. The van der Waals surface area contributed by atoms with E-state index in [1.54, 1.807) is 4.90 Å². The fraction of sp³-hybridized carbons (Fsp3) is 0.379. The molecule has 3 heterocycles. The van der Waals surface area contributed by atoms with Crippen LogP contribution in [0.25, 0.3) is 22.6 Å². The molecule has 216 valence electrons. The Hall–Kier alpha value is -4.48. The highest BCUT2D eigenvalue weighted by atomic mass is 19.1. The number of piperidine rings is 1. The number of hydrogen-bond donors (Lipinski definition) is 3. The summed E-state index contributed by atoms with van der Waals surface area (Å²) in [6.07, 6.45) is 3.75. The number of nitrogens with one attached hydrogen (secondary N) is 3. The number of aromatic nitrogens is 4. The van der Waals surface area contributed by atoms with Crippen LogP contribution in [0.15, 0.2) is 42.6 Å². The largest absolute Gasteiger partial charge is 0.494 e. The summed E-state index contributed by atoms with van der Waals surface area (Å²) in [6.45, 7) is 7.48. The van der Waals surface area contributed by atoms with Gasteiger partial charge in [-0.3, -0.25) is 9.89 Å². The third-order valence-electron chi connectivity index (χ3n) is 6.83. The maximum absolute atomic E-state index is 14.0. The van der Waals surface area contributed by atoms with E-state index in [9.17, 15) is 18.4 Å². The Bertz CT molecular complexity index is 1530. The molecule has 0 spiro atoms. The van der Waals surface area contributed by atoms with Crippen LogP contribution in [0.3, 0.4) is 0 Å². The van der Waals surface area contributed by atoms with E-state index in [-0.39, 0.29) is 11.8 Å². The number of H-pyrrole nitrogens is 2. The molecule has 2 aromatic heterocycles. The second-order valence-electron chi connectivity index (χ2n) is 11.0. The number of nitrogens with zero attached hydrogens (tertiary/aromatic N) is 3. The summed E-state index contributed by atoms with van der Waals surface area (Å²) in [6, 6.07) is 8.70. The highest BCUT2D eigenvalue weighted by Crippen LogP contribution is 2.29. The Balaban J connectivity index is 1.17. The van der Waals surface area contributed by atoms with Crippen LogP contribution in [0, 0.1) is 17.6 Å². The van der Waals surface area contributed by atoms with Crippen molar-refractivity contribution >= 4 is 28.7 Å². The van der Waals surface area contributed by atoms with Gasteiger partial charge in [0, 0.05) is 19.2 Å². The zero-order valence-corrected chi connectivity index (χ0v) is 23.1. The fourth-order valence-corrected chi connectivity index (χ4v) is 4.73. The third kappa shape index (κ3) is 6.64. The molecule has 41 heavy (non-hydrogen) atoms. The lowest BCUT2D eigenvalue weighted by Crippen LogP contribution is -2.41. The maximum atomic E-state index is 14.0. The van der Waals surface area contributed by atoms with Gasteiger partial charge >= 0.3 is 6.09 Å². The lowest BCUT2D eigenvalue weighted by Gasteiger charge is -2.33. The molecule has 0 atom stereocenters. The average molecular weight is 567 g/mol. The molecule has 2 amide bonds. The van der Waals surface area contributed by atoms with E-state index in [1.165, 1.54) is 12.3 Å². The van der Waals surface area contributed by atoms with E-state index in [0.717, 1.165) is 31.4 Å². The maximum Gasteiger partial charge on any atom is 0.410 e. The van der Waals surface area contributed by atoms with Crippen molar-refractivity contribution < 1.29 is 27.8 Å². The zero-order valence-electron chi connectivity index (χ0n) is 23.1. The number of rotatable bonds is 7. The minimum absolute atomic E-state index is 0.214. The summed E-state index contributed by atoms with van der Waals surface area (Å²) in [5.41, 5.74) is 0.750. The number of carbonyl (C=O) groups is 2. The highest BCUT2D eigenvalue weighted by Gasteiger charge is 2.27. The van der Waals surface area contributed by atoms with E-state index in [1.807, 2.05) is 39.0 Å². The molecule has 10 nitrogen and oxygen atoms in total. The summed E-state index contributed by atoms with van der Waals surface area (Å²) in [5.74, 6) is -1.35. The minimum Gasteiger partial charge on any atom is -0.494 e. The Morgan fingerprint density at radius 1 is 1.12 bits per heavy atom. The van der Waals surface area contributed by atoms with Gasteiger partial charge in [0.2, 0.25) is 0 Å². The lowest BCUT2D eigenvalue weighted by molar-refractivity contribution is 0.0177. The van der Waals surface area contributed by atoms with Crippen molar-refractivity contribution in [2.24, 2.45) is 5.92 Å². The number of fused-ring (bicyclic) bond motifs is 1. The van der Waals surface area contributed by atoms with E-state index < -0.39 is 28.7 Å². The molecular formula is C29H32F2N6O4. The van der Waals surface area contributed by atoms with Crippen molar-refractivity contribution in [2.45, 2.75) is 45.6 Å². The topological polar surface area (TPSA) is 125 Å². The van der Waals surface area contributed by atoms with Gasteiger partial charge in [-0.25, -0.2) is 18.6 Å². The fourth-order valence-electron chi connectivity index (χ4n) is 4.73. The minimum atomic E-state index is -0.963. The number of amides is 2. The quantitative estimate of drug-likeness (QED) is 0.256. The SMILES string of the molecule is CC(C)(C)OC(=O)N1CCC(CCOc2ccc3nc(-c4[nH]ncc4NC(=O)c4c(F)cccc4F)[nH]c3c2)CC1. The number of carbonyl (C=O) groups excluding carboxylic acids is 2. The number of likely N-dealkylation sites (tertiary alicyclic amines) is 1. The van der Waals surface area contributed by atoms with Gasteiger partial charge in [0.1, 0.15) is 34.2 Å². The van der Waals surface area contributed by atoms with Crippen molar-refractivity contribution in [1.29, 1.82) is 0 Å². The lowest BCUT2D eigenvalue weighted by atomic mass is 9.94. The van der Waals surface area contributed by atoms with Crippen molar-refractivity contribution in [3.8, 4) is 17.3 Å². The van der Waals surface area contributed by atoms with Gasteiger partial charge in [-0.2, -0.15) is 5.10 Å². The predicted molar refractivity (Wildman–Crippen MR) is 149 cm³/mol. The van der Waals surface area contributed by atoms with E-state index in [0.29, 0.717) is 53.9 Å². The van der Waals surface area contributed by atoms with Gasteiger partial charge < -0.3 is 24.7 Å². The summed E-state index contributed by atoms with van der Waals surface area (Å²) in [5, 5.41) is 9.21. The number of imidazole rings is 1. The second-order valence-corrected chi connectivity index (χ2v) is 11.0. The van der Waals surface area contributed by atoms with E-state index in [2.05, 4.69) is 25.5 Å². The molecule has 1 fully saturated rings. The summed E-state index contributed by atoms with van der Waals surface area (Å²) >= 11 is 0. The first-order valence-electron chi connectivity index (χ1n) is 13.5. The van der Waals surface area contributed by atoms with Crippen LogP contribution in [0.4, 0.5) is 19.3 Å². The predicted octanol–water partition coefficient (Wildman–Crippen LogP) is 5.90. The highest BCUT2D eigenvalue weighted by molar-refractivity contribution is 6.06. The van der Waals surface area contributed by atoms with E-state index in [4.69, 9.17) is 9.47 Å². The van der Waals surface area contributed by atoms with Gasteiger partial charge in [0.05, 0.1) is 29.5 Å². The summed E-state index contributed by atoms with van der Waals surface area (Å²) in [7, 11) is 0. The molecule has 2 aromatic carbocycles. The van der Waals surface area contributed by atoms with Crippen LogP contribution in [-0.2, 0) is 4.74 Å². The average Bonchev–Trinajstić information content (AvgIpc) is 3.54. The Morgan fingerprint density at radius 3 is 2.56 bits per heavy atom. The van der Waals surface area contributed by atoms with Crippen molar-refractivity contribution in [1.82, 2.24) is 25.1 Å². The van der Waals surface area contributed by atoms with Gasteiger partial charge in [0.15, 0.2) is 5.82 Å². The monoisotopic (exact) mass is 566 g/mol. The number of hydrogen-bond acceptors (Lipinski definition) is 6. The van der Waals surface area contributed by atoms with Gasteiger partial charge in [-0.05, 0) is 70.2 Å². The van der Waals surface area contributed by atoms with Crippen LogP contribution < -0.4 is 10.1 Å². The molecule has 1 aliphatic rings. The smallest absolute Gasteiger partial charge is 0.410 e. The second kappa shape index (κ2) is 11.6. The van der Waals surface area contributed by atoms with Crippen LogP contribution >= 0.6 is 0 Å².